The Morgan fingerprint density at radius 2 is 2.05 bits per heavy atom. The number of thiazole rings is 1. The highest BCUT2D eigenvalue weighted by atomic mass is 35.5. The number of rotatable bonds is 3. The van der Waals surface area contributed by atoms with Crippen molar-refractivity contribution < 1.29 is 0 Å². The van der Waals surface area contributed by atoms with Gasteiger partial charge in [0.15, 0.2) is 0 Å². The molecular formula is C15H11ClN4S. The zero-order valence-electron chi connectivity index (χ0n) is 11.0. The number of nitrogens with zero attached hydrogens (tertiary/aromatic N) is 4. The maximum absolute atomic E-state index is 6.08. The molecule has 0 amide bonds. The van der Waals surface area contributed by atoms with Gasteiger partial charge in [0.1, 0.15) is 11.3 Å². The summed E-state index contributed by atoms with van der Waals surface area (Å²) >= 11 is 7.71. The van der Waals surface area contributed by atoms with Gasteiger partial charge < -0.3 is 4.57 Å². The Hall–Kier alpha value is -1.98. The Morgan fingerprint density at radius 1 is 1.14 bits per heavy atom. The predicted octanol–water partition coefficient (Wildman–Crippen LogP) is 3.83. The molecule has 104 valence electrons. The molecule has 4 nitrogen and oxygen atoms in total. The third-order valence-corrected chi connectivity index (χ3v) is 4.48. The SMILES string of the molecule is ClCc1nc2cnc3ccccc3c2n1Cc1cncs1. The van der Waals surface area contributed by atoms with Crippen molar-refractivity contribution in [3.63, 3.8) is 0 Å². The molecule has 0 saturated heterocycles. The smallest absolute Gasteiger partial charge is 0.125 e. The van der Waals surface area contributed by atoms with E-state index >= 15 is 0 Å². The van der Waals surface area contributed by atoms with Crippen LogP contribution in [0, 0.1) is 0 Å². The van der Waals surface area contributed by atoms with Crippen LogP contribution < -0.4 is 0 Å². The van der Waals surface area contributed by atoms with Crippen LogP contribution in [0.3, 0.4) is 0 Å². The van der Waals surface area contributed by atoms with E-state index in [-0.39, 0.29) is 0 Å². The van der Waals surface area contributed by atoms with Crippen molar-refractivity contribution >= 4 is 44.9 Å². The minimum absolute atomic E-state index is 0.377. The normalized spacial score (nSPS) is 11.5. The third kappa shape index (κ3) is 2.09. The number of benzene rings is 1. The van der Waals surface area contributed by atoms with Gasteiger partial charge in [-0.1, -0.05) is 18.2 Å². The van der Waals surface area contributed by atoms with Crippen LogP contribution in [0.15, 0.2) is 42.2 Å². The predicted molar refractivity (Wildman–Crippen MR) is 85.8 cm³/mol. The molecule has 6 heteroatoms. The summed E-state index contributed by atoms with van der Waals surface area (Å²) in [5.74, 6) is 1.24. The lowest BCUT2D eigenvalue weighted by molar-refractivity contribution is 0.789. The van der Waals surface area contributed by atoms with Crippen LogP contribution >= 0.6 is 22.9 Å². The van der Waals surface area contributed by atoms with Gasteiger partial charge in [-0.3, -0.25) is 9.97 Å². The van der Waals surface area contributed by atoms with Gasteiger partial charge in [-0.2, -0.15) is 0 Å². The van der Waals surface area contributed by atoms with Gasteiger partial charge in [0, 0.05) is 16.5 Å². The second-order valence-corrected chi connectivity index (χ2v) is 5.96. The highest BCUT2D eigenvalue weighted by Gasteiger charge is 2.14. The molecule has 3 heterocycles. The second kappa shape index (κ2) is 5.09. The molecular weight excluding hydrogens is 304 g/mol. The van der Waals surface area contributed by atoms with Gasteiger partial charge in [-0.25, -0.2) is 4.98 Å². The summed E-state index contributed by atoms with van der Waals surface area (Å²) in [5, 5.41) is 1.10. The number of aromatic nitrogens is 4. The topological polar surface area (TPSA) is 43.6 Å². The monoisotopic (exact) mass is 314 g/mol. The van der Waals surface area contributed by atoms with Crippen LogP contribution in [0.5, 0.6) is 0 Å². The van der Waals surface area contributed by atoms with Gasteiger partial charge >= 0.3 is 0 Å². The first kappa shape index (κ1) is 12.7. The van der Waals surface area contributed by atoms with E-state index in [2.05, 4.69) is 25.6 Å². The molecule has 4 aromatic rings. The van der Waals surface area contributed by atoms with E-state index in [0.29, 0.717) is 5.88 Å². The number of imidazole rings is 1. The van der Waals surface area contributed by atoms with E-state index in [0.717, 1.165) is 34.3 Å². The lowest BCUT2D eigenvalue weighted by Gasteiger charge is -2.07. The Kier molecular flexibility index (Phi) is 3.09. The molecule has 0 bridgehead atoms. The average molecular weight is 315 g/mol. The van der Waals surface area contributed by atoms with Gasteiger partial charge in [0.2, 0.25) is 0 Å². The molecule has 0 aliphatic heterocycles. The summed E-state index contributed by atoms with van der Waals surface area (Å²) in [4.78, 5) is 14.4. The summed E-state index contributed by atoms with van der Waals surface area (Å²) in [6.07, 6.45) is 3.70. The Balaban J connectivity index is 2.03. The summed E-state index contributed by atoms with van der Waals surface area (Å²) < 4.78 is 2.17. The number of halogens is 1. The molecule has 0 saturated carbocycles. The van der Waals surface area contributed by atoms with Crippen molar-refractivity contribution in [3.05, 3.63) is 52.9 Å². The Bertz CT molecular complexity index is 914. The van der Waals surface area contributed by atoms with Crippen LogP contribution in [0.2, 0.25) is 0 Å². The van der Waals surface area contributed by atoms with Crippen molar-refractivity contribution in [2.45, 2.75) is 12.4 Å². The number of hydrogen-bond donors (Lipinski definition) is 0. The van der Waals surface area contributed by atoms with E-state index in [4.69, 9.17) is 11.6 Å². The summed E-state index contributed by atoms with van der Waals surface area (Å²) in [7, 11) is 0. The molecule has 0 N–H and O–H groups in total. The van der Waals surface area contributed by atoms with Crippen molar-refractivity contribution in [2.24, 2.45) is 0 Å². The Morgan fingerprint density at radius 3 is 2.86 bits per heavy atom. The maximum Gasteiger partial charge on any atom is 0.125 e. The van der Waals surface area contributed by atoms with Gasteiger partial charge in [0.05, 0.1) is 35.2 Å². The summed E-state index contributed by atoms with van der Waals surface area (Å²) in [6, 6.07) is 8.11. The number of alkyl halides is 1. The molecule has 0 radical (unpaired) electrons. The zero-order valence-corrected chi connectivity index (χ0v) is 12.6. The minimum Gasteiger partial charge on any atom is -0.321 e. The first-order valence-electron chi connectivity index (χ1n) is 6.53. The van der Waals surface area contributed by atoms with Crippen LogP contribution in [0.1, 0.15) is 10.7 Å². The van der Waals surface area contributed by atoms with Crippen molar-refractivity contribution in [1.29, 1.82) is 0 Å². The van der Waals surface area contributed by atoms with Crippen LogP contribution in [-0.4, -0.2) is 19.5 Å². The summed E-state index contributed by atoms with van der Waals surface area (Å²) in [6.45, 7) is 0.733. The van der Waals surface area contributed by atoms with Crippen molar-refractivity contribution in [2.75, 3.05) is 0 Å². The largest absolute Gasteiger partial charge is 0.321 e. The molecule has 0 aliphatic rings. The molecule has 21 heavy (non-hydrogen) atoms. The van der Waals surface area contributed by atoms with Crippen LogP contribution in [-0.2, 0) is 12.4 Å². The first-order valence-corrected chi connectivity index (χ1v) is 7.94. The second-order valence-electron chi connectivity index (χ2n) is 4.72. The quantitative estimate of drug-likeness (QED) is 0.540. The fraction of sp³-hybridized carbons (Fsp3) is 0.133. The average Bonchev–Trinajstić information content (AvgIpc) is 3.15. The molecule has 1 aromatic carbocycles. The molecule has 0 atom stereocenters. The number of para-hydroxylation sites is 1. The number of hydrogen-bond acceptors (Lipinski definition) is 4. The van der Waals surface area contributed by atoms with Crippen molar-refractivity contribution in [1.82, 2.24) is 19.5 Å². The molecule has 0 fully saturated rings. The van der Waals surface area contributed by atoms with E-state index in [1.54, 1.807) is 11.3 Å². The third-order valence-electron chi connectivity index (χ3n) is 3.48. The fourth-order valence-corrected chi connectivity index (χ4v) is 3.35. The van der Waals surface area contributed by atoms with Crippen molar-refractivity contribution in [3.8, 4) is 0 Å². The van der Waals surface area contributed by atoms with E-state index in [1.165, 1.54) is 4.88 Å². The lowest BCUT2D eigenvalue weighted by atomic mass is 10.2. The van der Waals surface area contributed by atoms with Gasteiger partial charge in [-0.15, -0.1) is 22.9 Å². The molecule has 0 aliphatic carbocycles. The molecule has 4 rings (SSSR count). The van der Waals surface area contributed by atoms with Gasteiger partial charge in [0.25, 0.3) is 0 Å². The highest BCUT2D eigenvalue weighted by molar-refractivity contribution is 7.09. The van der Waals surface area contributed by atoms with Crippen LogP contribution in [0.25, 0.3) is 21.9 Å². The molecule has 3 aromatic heterocycles. The van der Waals surface area contributed by atoms with Gasteiger partial charge in [-0.05, 0) is 6.07 Å². The minimum atomic E-state index is 0.377. The summed E-state index contributed by atoms with van der Waals surface area (Å²) in [5.41, 5.74) is 4.78. The fourth-order valence-electron chi connectivity index (χ4n) is 2.56. The molecule has 0 unspecified atom stereocenters. The highest BCUT2D eigenvalue weighted by Crippen LogP contribution is 2.26. The molecule has 0 spiro atoms. The van der Waals surface area contributed by atoms with Crippen LogP contribution in [0.4, 0.5) is 0 Å². The van der Waals surface area contributed by atoms with E-state index < -0.39 is 0 Å². The Labute approximate surface area is 130 Å². The first-order chi connectivity index (χ1) is 10.4. The van der Waals surface area contributed by atoms with E-state index in [1.807, 2.05) is 36.1 Å². The lowest BCUT2D eigenvalue weighted by Crippen LogP contribution is -2.03. The standard InChI is InChI=1S/C15H11ClN4S/c16-5-14-19-13-7-18-12-4-2-1-3-11(12)15(13)20(14)8-10-6-17-9-21-10/h1-4,6-7,9H,5,8H2. The van der Waals surface area contributed by atoms with E-state index in [9.17, 15) is 0 Å². The number of pyridine rings is 1. The maximum atomic E-state index is 6.08. The zero-order chi connectivity index (χ0) is 14.2. The number of fused-ring (bicyclic) bond motifs is 3.